The second-order valence-corrected chi connectivity index (χ2v) is 6.18. The Morgan fingerprint density at radius 3 is 2.30 bits per heavy atom. The summed E-state index contributed by atoms with van der Waals surface area (Å²) in [6.45, 7) is 7.69. The van der Waals surface area contributed by atoms with Crippen molar-refractivity contribution in [3.05, 3.63) is 34.6 Å². The van der Waals surface area contributed by atoms with Crippen molar-refractivity contribution in [3.63, 3.8) is 0 Å². The van der Waals surface area contributed by atoms with E-state index >= 15 is 0 Å². The number of hydrogen-bond donors (Lipinski definition) is 1. The number of carbonyl (C=O) groups is 1. The van der Waals surface area contributed by atoms with Crippen LogP contribution in [0.5, 0.6) is 0 Å². The SMILES string of the molecule is COC(=O)CC(C)(C)CC(N)c1c(C)cc(F)cc1C. The van der Waals surface area contributed by atoms with Crippen LogP contribution in [0.1, 0.15) is 49.4 Å². The first-order valence-corrected chi connectivity index (χ1v) is 6.75. The van der Waals surface area contributed by atoms with Crippen molar-refractivity contribution in [2.75, 3.05) is 7.11 Å². The number of ether oxygens (including phenoxy) is 1. The number of nitrogens with two attached hydrogens (primary N) is 1. The number of hydrogen-bond acceptors (Lipinski definition) is 3. The quantitative estimate of drug-likeness (QED) is 0.841. The Balaban J connectivity index is 2.91. The highest BCUT2D eigenvalue weighted by molar-refractivity contribution is 5.69. The maximum atomic E-state index is 13.3. The Morgan fingerprint density at radius 1 is 1.35 bits per heavy atom. The van der Waals surface area contributed by atoms with Crippen molar-refractivity contribution in [1.29, 1.82) is 0 Å². The fourth-order valence-corrected chi connectivity index (χ4v) is 2.74. The maximum absolute atomic E-state index is 13.3. The highest BCUT2D eigenvalue weighted by Gasteiger charge is 2.27. The van der Waals surface area contributed by atoms with Gasteiger partial charge in [-0.1, -0.05) is 13.8 Å². The molecule has 1 aromatic rings. The Hall–Kier alpha value is -1.42. The van der Waals surface area contributed by atoms with E-state index in [1.54, 1.807) is 0 Å². The molecule has 0 aliphatic carbocycles. The van der Waals surface area contributed by atoms with Crippen molar-refractivity contribution in [2.24, 2.45) is 11.1 Å². The van der Waals surface area contributed by atoms with Crippen molar-refractivity contribution in [2.45, 2.75) is 46.6 Å². The van der Waals surface area contributed by atoms with Gasteiger partial charge in [-0.25, -0.2) is 4.39 Å². The molecule has 1 rings (SSSR count). The van der Waals surface area contributed by atoms with Crippen LogP contribution in [0.3, 0.4) is 0 Å². The number of esters is 1. The Labute approximate surface area is 120 Å². The number of aryl methyl sites for hydroxylation is 2. The van der Waals surface area contributed by atoms with Crippen LogP contribution in [0, 0.1) is 25.1 Å². The zero-order chi connectivity index (χ0) is 15.5. The smallest absolute Gasteiger partial charge is 0.306 e. The summed E-state index contributed by atoms with van der Waals surface area (Å²) < 4.78 is 18.0. The van der Waals surface area contributed by atoms with E-state index in [0.29, 0.717) is 12.8 Å². The van der Waals surface area contributed by atoms with Gasteiger partial charge in [0.25, 0.3) is 0 Å². The van der Waals surface area contributed by atoms with E-state index in [-0.39, 0.29) is 23.2 Å². The summed E-state index contributed by atoms with van der Waals surface area (Å²) in [5.41, 5.74) is 8.68. The van der Waals surface area contributed by atoms with Crippen molar-refractivity contribution in [1.82, 2.24) is 0 Å². The molecule has 0 radical (unpaired) electrons. The van der Waals surface area contributed by atoms with Crippen LogP contribution < -0.4 is 5.73 Å². The third-order valence-corrected chi connectivity index (χ3v) is 3.55. The highest BCUT2D eigenvalue weighted by Crippen LogP contribution is 2.34. The summed E-state index contributed by atoms with van der Waals surface area (Å²) in [6.07, 6.45) is 0.950. The highest BCUT2D eigenvalue weighted by atomic mass is 19.1. The summed E-state index contributed by atoms with van der Waals surface area (Å²) in [5, 5.41) is 0. The molecule has 0 bridgehead atoms. The van der Waals surface area contributed by atoms with Crippen LogP contribution in [0.4, 0.5) is 4.39 Å². The first kappa shape index (κ1) is 16.6. The van der Waals surface area contributed by atoms with E-state index in [1.165, 1.54) is 19.2 Å². The van der Waals surface area contributed by atoms with Gasteiger partial charge >= 0.3 is 5.97 Å². The van der Waals surface area contributed by atoms with E-state index in [4.69, 9.17) is 10.5 Å². The van der Waals surface area contributed by atoms with E-state index in [0.717, 1.165) is 16.7 Å². The first-order chi connectivity index (χ1) is 9.16. The topological polar surface area (TPSA) is 52.3 Å². The molecule has 3 nitrogen and oxygen atoms in total. The lowest BCUT2D eigenvalue weighted by atomic mass is 9.79. The number of benzene rings is 1. The summed E-state index contributed by atoms with van der Waals surface area (Å²) in [4.78, 5) is 11.4. The summed E-state index contributed by atoms with van der Waals surface area (Å²) in [6, 6.07) is 2.76. The van der Waals surface area contributed by atoms with Crippen LogP contribution in [0.25, 0.3) is 0 Å². The molecule has 0 aromatic heterocycles. The molecule has 1 atom stereocenters. The molecule has 0 spiro atoms. The van der Waals surface area contributed by atoms with E-state index < -0.39 is 0 Å². The van der Waals surface area contributed by atoms with Gasteiger partial charge in [0, 0.05) is 6.04 Å². The largest absolute Gasteiger partial charge is 0.469 e. The normalized spacial score (nSPS) is 13.2. The summed E-state index contributed by atoms with van der Waals surface area (Å²) in [5.74, 6) is -0.487. The molecule has 0 amide bonds. The van der Waals surface area contributed by atoms with Crippen LogP contribution in [0.15, 0.2) is 12.1 Å². The Morgan fingerprint density at radius 2 is 1.85 bits per heavy atom. The summed E-state index contributed by atoms with van der Waals surface area (Å²) >= 11 is 0. The standard InChI is InChI=1S/C16H24FNO2/c1-10-6-12(17)7-11(2)15(10)13(18)8-16(3,4)9-14(19)20-5/h6-7,13H,8-9,18H2,1-5H3. The number of carbonyl (C=O) groups excluding carboxylic acids is 1. The minimum atomic E-state index is -0.264. The fraction of sp³-hybridized carbons (Fsp3) is 0.562. The molecule has 1 aromatic carbocycles. The molecule has 0 aliphatic heterocycles. The van der Waals surface area contributed by atoms with Crippen LogP contribution >= 0.6 is 0 Å². The predicted molar refractivity (Wildman–Crippen MR) is 77.8 cm³/mol. The average molecular weight is 281 g/mol. The second-order valence-electron chi connectivity index (χ2n) is 6.18. The lowest BCUT2D eigenvalue weighted by Crippen LogP contribution is -2.25. The van der Waals surface area contributed by atoms with Gasteiger partial charge in [-0.2, -0.15) is 0 Å². The molecule has 0 fully saturated rings. The van der Waals surface area contributed by atoms with E-state index in [1.807, 2.05) is 27.7 Å². The van der Waals surface area contributed by atoms with Gasteiger partial charge in [0.15, 0.2) is 0 Å². The molecule has 112 valence electrons. The molecule has 0 saturated heterocycles. The number of methoxy groups -OCH3 is 1. The monoisotopic (exact) mass is 281 g/mol. The van der Waals surface area contributed by atoms with Crippen LogP contribution in [-0.4, -0.2) is 13.1 Å². The molecule has 1 unspecified atom stereocenters. The van der Waals surface area contributed by atoms with Gasteiger partial charge in [0.05, 0.1) is 13.5 Å². The molecular weight excluding hydrogens is 257 g/mol. The molecule has 0 heterocycles. The minimum absolute atomic E-state index is 0.227. The number of rotatable bonds is 5. The van der Waals surface area contributed by atoms with Gasteiger partial charge in [0.1, 0.15) is 5.82 Å². The summed E-state index contributed by atoms with van der Waals surface area (Å²) in [7, 11) is 1.38. The van der Waals surface area contributed by atoms with Crippen molar-refractivity contribution >= 4 is 5.97 Å². The Bertz CT molecular complexity index is 474. The lowest BCUT2D eigenvalue weighted by Gasteiger charge is -2.28. The van der Waals surface area contributed by atoms with Gasteiger partial charge in [-0.05, 0) is 54.5 Å². The Kier molecular flexibility index (Phi) is 5.28. The van der Waals surface area contributed by atoms with Gasteiger partial charge in [-0.3, -0.25) is 4.79 Å². The van der Waals surface area contributed by atoms with Gasteiger partial charge in [-0.15, -0.1) is 0 Å². The number of halogens is 1. The van der Waals surface area contributed by atoms with Crippen LogP contribution in [-0.2, 0) is 9.53 Å². The van der Waals surface area contributed by atoms with Gasteiger partial charge in [0.2, 0.25) is 0 Å². The third kappa shape index (κ3) is 4.30. The van der Waals surface area contributed by atoms with Crippen molar-refractivity contribution in [3.8, 4) is 0 Å². The third-order valence-electron chi connectivity index (χ3n) is 3.55. The zero-order valence-electron chi connectivity index (χ0n) is 12.9. The average Bonchev–Trinajstić information content (AvgIpc) is 2.25. The lowest BCUT2D eigenvalue weighted by molar-refractivity contribution is -0.143. The predicted octanol–water partition coefficient (Wildman–Crippen LogP) is 3.42. The molecule has 20 heavy (non-hydrogen) atoms. The van der Waals surface area contributed by atoms with E-state index in [9.17, 15) is 9.18 Å². The van der Waals surface area contributed by atoms with Gasteiger partial charge < -0.3 is 10.5 Å². The molecule has 4 heteroatoms. The molecule has 0 saturated carbocycles. The fourth-order valence-electron chi connectivity index (χ4n) is 2.74. The zero-order valence-corrected chi connectivity index (χ0v) is 12.9. The molecular formula is C16H24FNO2. The second kappa shape index (κ2) is 6.35. The van der Waals surface area contributed by atoms with Crippen molar-refractivity contribution < 1.29 is 13.9 Å². The van der Waals surface area contributed by atoms with Crippen LogP contribution in [0.2, 0.25) is 0 Å². The molecule has 2 N–H and O–H groups in total. The van der Waals surface area contributed by atoms with E-state index in [2.05, 4.69) is 0 Å². The first-order valence-electron chi connectivity index (χ1n) is 6.75. The molecule has 0 aliphatic rings. The maximum Gasteiger partial charge on any atom is 0.306 e. The minimum Gasteiger partial charge on any atom is -0.469 e.